The molecule has 1 aliphatic rings. The van der Waals surface area contributed by atoms with Crippen molar-refractivity contribution in [1.82, 2.24) is 15.1 Å². The highest BCUT2D eigenvalue weighted by Gasteiger charge is 2.16. The lowest BCUT2D eigenvalue weighted by Crippen LogP contribution is -2.26. The first kappa shape index (κ1) is 12.9. The van der Waals surface area contributed by atoms with E-state index in [0.29, 0.717) is 6.04 Å². The van der Waals surface area contributed by atoms with Gasteiger partial charge in [-0.15, -0.1) is 0 Å². The van der Waals surface area contributed by atoms with Crippen LogP contribution in [0.25, 0.3) is 11.1 Å². The molecule has 1 aromatic carbocycles. The monoisotopic (exact) mass is 319 g/mol. The topological polar surface area (TPSA) is 29.9 Å². The summed E-state index contributed by atoms with van der Waals surface area (Å²) >= 11 is 3.52. The molecule has 100 valence electrons. The lowest BCUT2D eigenvalue weighted by atomic mass is 10.1. The molecule has 1 atom stereocenters. The zero-order valence-electron chi connectivity index (χ0n) is 11.1. The van der Waals surface area contributed by atoms with Crippen molar-refractivity contribution in [3.63, 3.8) is 0 Å². The van der Waals surface area contributed by atoms with Crippen LogP contribution < -0.4 is 5.32 Å². The minimum Gasteiger partial charge on any atom is -0.312 e. The number of aryl methyl sites for hydroxylation is 1. The molecule has 1 aromatic heterocycles. The third-order valence-corrected chi connectivity index (χ3v) is 4.15. The standard InChI is InChI=1S/C15H18BrN3/c1-11-15(12-4-2-5-13(16)8-12)10-19(18-11)9-14-6-3-7-17-14/h2,4-5,8,10,14,17H,3,6-7,9H2,1H3. The number of hydrogen-bond acceptors (Lipinski definition) is 2. The Kier molecular flexibility index (Phi) is 3.71. The van der Waals surface area contributed by atoms with Crippen molar-refractivity contribution in [2.45, 2.75) is 32.4 Å². The Balaban J connectivity index is 1.84. The maximum absolute atomic E-state index is 4.64. The number of benzene rings is 1. The van der Waals surface area contributed by atoms with Gasteiger partial charge in [0, 0.05) is 22.3 Å². The molecule has 2 heterocycles. The zero-order chi connectivity index (χ0) is 13.2. The van der Waals surface area contributed by atoms with Gasteiger partial charge in [-0.25, -0.2) is 0 Å². The number of nitrogens with zero attached hydrogens (tertiary/aromatic N) is 2. The van der Waals surface area contributed by atoms with Crippen LogP contribution in [-0.4, -0.2) is 22.4 Å². The molecule has 3 nitrogen and oxygen atoms in total. The normalized spacial score (nSPS) is 18.9. The maximum Gasteiger partial charge on any atom is 0.0672 e. The quantitative estimate of drug-likeness (QED) is 0.940. The highest BCUT2D eigenvalue weighted by Crippen LogP contribution is 2.25. The molecular formula is C15H18BrN3. The van der Waals surface area contributed by atoms with Gasteiger partial charge in [-0.3, -0.25) is 4.68 Å². The molecule has 0 aliphatic carbocycles. The molecule has 0 saturated carbocycles. The second-order valence-corrected chi connectivity index (χ2v) is 6.07. The van der Waals surface area contributed by atoms with E-state index < -0.39 is 0 Å². The first-order valence-corrected chi connectivity index (χ1v) is 7.55. The molecular weight excluding hydrogens is 302 g/mol. The van der Waals surface area contributed by atoms with Gasteiger partial charge in [-0.05, 0) is 44.0 Å². The summed E-state index contributed by atoms with van der Waals surface area (Å²) in [6, 6.07) is 8.96. The molecule has 1 N–H and O–H groups in total. The molecule has 0 spiro atoms. The number of rotatable bonds is 3. The molecule has 4 heteroatoms. The Labute approximate surface area is 122 Å². The Morgan fingerprint density at radius 1 is 1.47 bits per heavy atom. The lowest BCUT2D eigenvalue weighted by molar-refractivity contribution is 0.474. The van der Waals surface area contributed by atoms with Gasteiger partial charge in [0.25, 0.3) is 0 Å². The van der Waals surface area contributed by atoms with E-state index in [2.05, 4.69) is 62.3 Å². The van der Waals surface area contributed by atoms with Crippen LogP contribution in [0.2, 0.25) is 0 Å². The third-order valence-electron chi connectivity index (χ3n) is 3.65. The molecule has 0 radical (unpaired) electrons. The van der Waals surface area contributed by atoms with Crippen LogP contribution in [0.3, 0.4) is 0 Å². The summed E-state index contributed by atoms with van der Waals surface area (Å²) in [5.74, 6) is 0. The predicted octanol–water partition coefficient (Wildman–Crippen LogP) is 3.37. The highest BCUT2D eigenvalue weighted by atomic mass is 79.9. The van der Waals surface area contributed by atoms with Crippen LogP contribution in [0.15, 0.2) is 34.9 Å². The van der Waals surface area contributed by atoms with Gasteiger partial charge < -0.3 is 5.32 Å². The molecule has 3 rings (SSSR count). The van der Waals surface area contributed by atoms with Crippen LogP contribution in [0.4, 0.5) is 0 Å². The summed E-state index contributed by atoms with van der Waals surface area (Å²) in [6.07, 6.45) is 4.70. The largest absolute Gasteiger partial charge is 0.312 e. The van der Waals surface area contributed by atoms with E-state index in [4.69, 9.17) is 0 Å². The summed E-state index contributed by atoms with van der Waals surface area (Å²) < 4.78 is 3.18. The second kappa shape index (κ2) is 5.47. The van der Waals surface area contributed by atoms with E-state index in [1.165, 1.54) is 24.0 Å². The van der Waals surface area contributed by atoms with Crippen molar-refractivity contribution in [3.05, 3.63) is 40.6 Å². The van der Waals surface area contributed by atoms with Gasteiger partial charge >= 0.3 is 0 Å². The SMILES string of the molecule is Cc1nn(CC2CCCN2)cc1-c1cccc(Br)c1. The van der Waals surface area contributed by atoms with Crippen LogP contribution in [-0.2, 0) is 6.54 Å². The molecule has 0 bridgehead atoms. The molecule has 1 saturated heterocycles. The van der Waals surface area contributed by atoms with Crippen LogP contribution >= 0.6 is 15.9 Å². The zero-order valence-corrected chi connectivity index (χ0v) is 12.7. The average Bonchev–Trinajstić information content (AvgIpc) is 3.00. The van der Waals surface area contributed by atoms with Crippen molar-refractivity contribution >= 4 is 15.9 Å². The smallest absolute Gasteiger partial charge is 0.0672 e. The average molecular weight is 320 g/mol. The van der Waals surface area contributed by atoms with Gasteiger partial charge in [0.05, 0.1) is 12.2 Å². The van der Waals surface area contributed by atoms with Crippen LogP contribution in [0, 0.1) is 6.92 Å². The summed E-state index contributed by atoms with van der Waals surface area (Å²) in [5.41, 5.74) is 3.54. The number of aromatic nitrogens is 2. The van der Waals surface area contributed by atoms with E-state index in [-0.39, 0.29) is 0 Å². The Morgan fingerprint density at radius 3 is 3.11 bits per heavy atom. The van der Waals surface area contributed by atoms with E-state index in [0.717, 1.165) is 23.3 Å². The van der Waals surface area contributed by atoms with Gasteiger partial charge in [0.2, 0.25) is 0 Å². The lowest BCUT2D eigenvalue weighted by Gasteiger charge is -2.09. The van der Waals surface area contributed by atoms with E-state index in [1.807, 2.05) is 6.07 Å². The van der Waals surface area contributed by atoms with Crippen molar-refractivity contribution in [2.75, 3.05) is 6.54 Å². The molecule has 0 amide bonds. The van der Waals surface area contributed by atoms with Gasteiger partial charge in [0.15, 0.2) is 0 Å². The predicted molar refractivity (Wildman–Crippen MR) is 81.1 cm³/mol. The molecule has 2 aromatic rings. The Bertz CT molecular complexity index is 571. The molecule has 19 heavy (non-hydrogen) atoms. The molecule has 1 fully saturated rings. The van der Waals surface area contributed by atoms with E-state index in [1.54, 1.807) is 0 Å². The van der Waals surface area contributed by atoms with Crippen molar-refractivity contribution in [3.8, 4) is 11.1 Å². The van der Waals surface area contributed by atoms with Crippen molar-refractivity contribution in [2.24, 2.45) is 0 Å². The number of nitrogens with one attached hydrogen (secondary N) is 1. The second-order valence-electron chi connectivity index (χ2n) is 5.15. The fourth-order valence-corrected chi connectivity index (χ4v) is 3.09. The fourth-order valence-electron chi connectivity index (χ4n) is 2.69. The summed E-state index contributed by atoms with van der Waals surface area (Å²) in [4.78, 5) is 0. The molecule has 1 unspecified atom stereocenters. The van der Waals surface area contributed by atoms with E-state index >= 15 is 0 Å². The Morgan fingerprint density at radius 2 is 2.37 bits per heavy atom. The minimum atomic E-state index is 0.578. The van der Waals surface area contributed by atoms with E-state index in [9.17, 15) is 0 Å². The van der Waals surface area contributed by atoms with Crippen molar-refractivity contribution in [1.29, 1.82) is 0 Å². The fraction of sp³-hybridized carbons (Fsp3) is 0.400. The summed E-state index contributed by atoms with van der Waals surface area (Å²) in [7, 11) is 0. The molecule has 1 aliphatic heterocycles. The Hall–Kier alpha value is -1.13. The third kappa shape index (κ3) is 2.90. The van der Waals surface area contributed by atoms with Gasteiger partial charge in [0.1, 0.15) is 0 Å². The van der Waals surface area contributed by atoms with Crippen LogP contribution in [0.5, 0.6) is 0 Å². The first-order valence-electron chi connectivity index (χ1n) is 6.76. The summed E-state index contributed by atoms with van der Waals surface area (Å²) in [6.45, 7) is 4.19. The number of halogens is 1. The highest BCUT2D eigenvalue weighted by molar-refractivity contribution is 9.10. The van der Waals surface area contributed by atoms with Gasteiger partial charge in [-0.2, -0.15) is 5.10 Å². The first-order chi connectivity index (χ1) is 9.22. The summed E-state index contributed by atoms with van der Waals surface area (Å²) in [5, 5.41) is 8.16. The number of hydrogen-bond donors (Lipinski definition) is 1. The minimum absolute atomic E-state index is 0.578. The van der Waals surface area contributed by atoms with Gasteiger partial charge in [-0.1, -0.05) is 28.1 Å². The van der Waals surface area contributed by atoms with Crippen molar-refractivity contribution < 1.29 is 0 Å². The maximum atomic E-state index is 4.64. The van der Waals surface area contributed by atoms with Crippen LogP contribution in [0.1, 0.15) is 18.5 Å².